The number of hydrogen-bond donors (Lipinski definition) is 2. The molecule has 0 aliphatic carbocycles. The van der Waals surface area contributed by atoms with Crippen molar-refractivity contribution >= 4 is 0 Å². The maximum Gasteiger partial charge on any atom is 0.130 e. The molecule has 0 spiro atoms. The van der Waals surface area contributed by atoms with Crippen LogP contribution in [0.15, 0.2) is 18.2 Å². The lowest BCUT2D eigenvalue weighted by atomic mass is 10.1. The van der Waals surface area contributed by atoms with E-state index in [1.54, 1.807) is 13.0 Å². The Morgan fingerprint density at radius 2 is 2.12 bits per heavy atom. The average Bonchev–Trinajstić information content (AvgIpc) is 2.28. The van der Waals surface area contributed by atoms with E-state index in [9.17, 15) is 4.39 Å². The lowest BCUT2D eigenvalue weighted by molar-refractivity contribution is 0.497. The molecule has 1 aromatic carbocycles. The molecule has 2 N–H and O–H groups in total. The van der Waals surface area contributed by atoms with E-state index in [-0.39, 0.29) is 5.82 Å². The number of nitrogens with one attached hydrogen (secondary N) is 2. The number of aryl methyl sites for hydroxylation is 1. The van der Waals surface area contributed by atoms with Gasteiger partial charge >= 0.3 is 0 Å². The molecular weight excluding hydrogens is 203 g/mol. The Morgan fingerprint density at radius 1 is 1.38 bits per heavy atom. The molecule has 0 aromatic heterocycles. The van der Waals surface area contributed by atoms with Crippen LogP contribution in [0.1, 0.15) is 25.0 Å². The van der Waals surface area contributed by atoms with Crippen molar-refractivity contribution in [2.75, 3.05) is 13.1 Å². The molecule has 1 aromatic rings. The van der Waals surface area contributed by atoms with Crippen molar-refractivity contribution in [3.8, 4) is 0 Å². The Bertz CT molecular complexity index is 326. The molecule has 3 heteroatoms. The van der Waals surface area contributed by atoms with Gasteiger partial charge in [-0.1, -0.05) is 25.1 Å². The van der Waals surface area contributed by atoms with Crippen LogP contribution >= 0.6 is 0 Å². The minimum absolute atomic E-state index is 0.0920. The van der Waals surface area contributed by atoms with Crippen molar-refractivity contribution < 1.29 is 4.39 Å². The van der Waals surface area contributed by atoms with Gasteiger partial charge in [-0.15, -0.1) is 0 Å². The van der Waals surface area contributed by atoms with Crippen molar-refractivity contribution in [3.05, 3.63) is 35.1 Å². The first-order valence-corrected chi connectivity index (χ1v) is 5.83. The van der Waals surface area contributed by atoms with E-state index >= 15 is 0 Å². The molecular formula is C13H21FN2. The first-order valence-electron chi connectivity index (χ1n) is 5.83. The van der Waals surface area contributed by atoms with E-state index in [2.05, 4.69) is 24.5 Å². The zero-order valence-corrected chi connectivity index (χ0v) is 10.3. The highest BCUT2D eigenvalue weighted by Gasteiger charge is 2.06. The molecule has 1 atom stereocenters. The normalized spacial score (nSPS) is 12.8. The molecule has 0 radical (unpaired) electrons. The fraction of sp³-hybridized carbons (Fsp3) is 0.538. The van der Waals surface area contributed by atoms with Gasteiger partial charge in [0.15, 0.2) is 0 Å². The summed E-state index contributed by atoms with van der Waals surface area (Å²) < 4.78 is 13.6. The lowest BCUT2D eigenvalue weighted by Gasteiger charge is -2.14. The first-order chi connectivity index (χ1) is 7.65. The molecule has 0 amide bonds. The van der Waals surface area contributed by atoms with Crippen molar-refractivity contribution in [1.82, 2.24) is 10.6 Å². The molecule has 0 fully saturated rings. The number of benzene rings is 1. The Labute approximate surface area is 97.3 Å². The van der Waals surface area contributed by atoms with Gasteiger partial charge in [-0.25, -0.2) is 4.39 Å². The summed E-state index contributed by atoms with van der Waals surface area (Å²) >= 11 is 0. The summed E-state index contributed by atoms with van der Waals surface area (Å²) in [6, 6.07) is 5.86. The SMILES string of the molecule is CCNCC(C)NCc1cccc(C)c1F. The van der Waals surface area contributed by atoms with E-state index in [0.717, 1.165) is 18.7 Å². The van der Waals surface area contributed by atoms with Gasteiger partial charge in [0, 0.05) is 24.7 Å². The highest BCUT2D eigenvalue weighted by molar-refractivity contribution is 5.24. The Hall–Kier alpha value is -0.930. The lowest BCUT2D eigenvalue weighted by Crippen LogP contribution is -2.36. The number of hydrogen-bond acceptors (Lipinski definition) is 2. The molecule has 0 bridgehead atoms. The summed E-state index contributed by atoms with van der Waals surface area (Å²) in [5.41, 5.74) is 1.45. The summed E-state index contributed by atoms with van der Waals surface area (Å²) in [5.74, 6) is -0.0920. The van der Waals surface area contributed by atoms with Crippen LogP contribution in [0.3, 0.4) is 0 Å². The topological polar surface area (TPSA) is 24.1 Å². The molecule has 2 nitrogen and oxygen atoms in total. The van der Waals surface area contributed by atoms with E-state index in [1.807, 2.05) is 12.1 Å². The van der Waals surface area contributed by atoms with Crippen molar-refractivity contribution in [2.24, 2.45) is 0 Å². The predicted octanol–water partition coefficient (Wildman–Crippen LogP) is 2.22. The first kappa shape index (κ1) is 13.1. The van der Waals surface area contributed by atoms with Gasteiger partial charge in [0.2, 0.25) is 0 Å². The highest BCUT2D eigenvalue weighted by Crippen LogP contribution is 2.11. The van der Waals surface area contributed by atoms with Crippen LogP contribution < -0.4 is 10.6 Å². The van der Waals surface area contributed by atoms with Crippen LogP contribution in [0.25, 0.3) is 0 Å². The monoisotopic (exact) mass is 224 g/mol. The van der Waals surface area contributed by atoms with Crippen molar-refractivity contribution in [2.45, 2.75) is 33.4 Å². The van der Waals surface area contributed by atoms with Crippen LogP contribution in [0.5, 0.6) is 0 Å². The van der Waals surface area contributed by atoms with E-state index < -0.39 is 0 Å². The second-order valence-electron chi connectivity index (χ2n) is 4.14. The van der Waals surface area contributed by atoms with E-state index in [0.29, 0.717) is 18.2 Å². The summed E-state index contributed by atoms with van der Waals surface area (Å²) in [4.78, 5) is 0. The maximum atomic E-state index is 13.6. The minimum atomic E-state index is -0.0920. The molecule has 0 saturated heterocycles. The number of rotatable bonds is 6. The predicted molar refractivity (Wildman–Crippen MR) is 66.0 cm³/mol. The van der Waals surface area contributed by atoms with Crippen LogP contribution in [0, 0.1) is 12.7 Å². The average molecular weight is 224 g/mol. The molecule has 0 aliphatic rings. The molecule has 1 rings (SSSR count). The molecule has 1 unspecified atom stereocenters. The Kier molecular flexibility index (Phi) is 5.43. The van der Waals surface area contributed by atoms with E-state index in [4.69, 9.17) is 0 Å². The van der Waals surface area contributed by atoms with E-state index in [1.165, 1.54) is 0 Å². The van der Waals surface area contributed by atoms with Crippen molar-refractivity contribution in [1.29, 1.82) is 0 Å². The summed E-state index contributed by atoms with van der Waals surface area (Å²) in [7, 11) is 0. The zero-order valence-electron chi connectivity index (χ0n) is 10.3. The third-order valence-electron chi connectivity index (χ3n) is 2.61. The molecule has 0 aliphatic heterocycles. The Balaban J connectivity index is 2.45. The second kappa shape index (κ2) is 6.61. The molecule has 0 heterocycles. The largest absolute Gasteiger partial charge is 0.315 e. The Morgan fingerprint density at radius 3 is 2.81 bits per heavy atom. The summed E-state index contributed by atoms with van der Waals surface area (Å²) in [6.07, 6.45) is 0. The van der Waals surface area contributed by atoms with Gasteiger partial charge in [0.25, 0.3) is 0 Å². The fourth-order valence-electron chi connectivity index (χ4n) is 1.56. The second-order valence-corrected chi connectivity index (χ2v) is 4.14. The fourth-order valence-corrected chi connectivity index (χ4v) is 1.56. The maximum absolute atomic E-state index is 13.6. The third kappa shape index (κ3) is 3.91. The van der Waals surface area contributed by atoms with Crippen molar-refractivity contribution in [3.63, 3.8) is 0 Å². The summed E-state index contributed by atoms with van der Waals surface area (Å²) in [5, 5.41) is 6.55. The van der Waals surface area contributed by atoms with Crippen LogP contribution in [-0.4, -0.2) is 19.1 Å². The third-order valence-corrected chi connectivity index (χ3v) is 2.61. The molecule has 90 valence electrons. The van der Waals surface area contributed by atoms with Crippen LogP contribution in [0.2, 0.25) is 0 Å². The van der Waals surface area contributed by atoms with Crippen LogP contribution in [-0.2, 0) is 6.54 Å². The zero-order chi connectivity index (χ0) is 12.0. The van der Waals surface area contributed by atoms with Gasteiger partial charge in [-0.05, 0) is 26.0 Å². The molecule has 0 saturated carbocycles. The highest BCUT2D eigenvalue weighted by atomic mass is 19.1. The van der Waals surface area contributed by atoms with Crippen LogP contribution in [0.4, 0.5) is 4.39 Å². The molecule has 16 heavy (non-hydrogen) atoms. The quantitative estimate of drug-likeness (QED) is 0.774. The van der Waals surface area contributed by atoms with Gasteiger partial charge in [-0.2, -0.15) is 0 Å². The minimum Gasteiger partial charge on any atom is -0.315 e. The standard InChI is InChI=1S/C13H21FN2/c1-4-15-8-11(3)16-9-12-7-5-6-10(2)13(12)14/h5-7,11,15-16H,4,8-9H2,1-3H3. The summed E-state index contributed by atoms with van der Waals surface area (Å²) in [6.45, 7) is 8.42. The number of halogens is 1. The van der Waals surface area contributed by atoms with Gasteiger partial charge in [0.1, 0.15) is 5.82 Å². The van der Waals surface area contributed by atoms with Gasteiger partial charge in [-0.3, -0.25) is 0 Å². The number of likely N-dealkylation sites (N-methyl/N-ethyl adjacent to an activating group) is 1. The van der Waals surface area contributed by atoms with Gasteiger partial charge in [0.05, 0.1) is 0 Å². The van der Waals surface area contributed by atoms with Gasteiger partial charge < -0.3 is 10.6 Å². The smallest absolute Gasteiger partial charge is 0.130 e.